The van der Waals surface area contributed by atoms with Crippen molar-refractivity contribution in [3.63, 3.8) is 0 Å². The van der Waals surface area contributed by atoms with Crippen LogP contribution in [0.3, 0.4) is 0 Å². The molecule has 0 bridgehead atoms. The normalized spacial score (nSPS) is 11.2. The van der Waals surface area contributed by atoms with Crippen LogP contribution >= 0.6 is 15.3 Å². The van der Waals surface area contributed by atoms with E-state index in [1.807, 2.05) is 0 Å². The Hall–Kier alpha value is -1.12. The van der Waals surface area contributed by atoms with E-state index in [2.05, 4.69) is 88.2 Å². The van der Waals surface area contributed by atoms with E-state index in [0.29, 0.717) is 0 Å². The van der Waals surface area contributed by atoms with Crippen LogP contribution in [0.4, 0.5) is 0 Å². The van der Waals surface area contributed by atoms with Crippen molar-refractivity contribution < 1.29 is 0 Å². The Bertz CT molecular complexity index is 452. The monoisotopic (exact) mass is 316 g/mol. The van der Waals surface area contributed by atoms with Crippen molar-refractivity contribution in [1.82, 2.24) is 0 Å². The van der Waals surface area contributed by atoms with Gasteiger partial charge in [0.15, 0.2) is 6.69 Å². The Morgan fingerprint density at radius 3 is 1.56 bits per heavy atom. The SMILES string of the molecule is C=C[Si](Br)(Cc1ccccc1)Cc1ccccc1. The minimum Gasteiger partial charge on any atom is -0.120 e. The topological polar surface area (TPSA) is 0 Å². The number of hydrogen-bond acceptors (Lipinski definition) is 0. The first-order valence-corrected chi connectivity index (χ1v) is 10.9. The fourth-order valence-electron chi connectivity index (χ4n) is 2.08. The van der Waals surface area contributed by atoms with E-state index in [4.69, 9.17) is 0 Å². The van der Waals surface area contributed by atoms with E-state index in [-0.39, 0.29) is 0 Å². The molecule has 0 amide bonds. The molecule has 2 rings (SSSR count). The molecule has 0 nitrogen and oxygen atoms in total. The fraction of sp³-hybridized carbons (Fsp3) is 0.125. The van der Waals surface area contributed by atoms with Crippen molar-refractivity contribution in [2.24, 2.45) is 0 Å². The van der Waals surface area contributed by atoms with Gasteiger partial charge in [-0.05, 0) is 23.2 Å². The van der Waals surface area contributed by atoms with E-state index in [0.717, 1.165) is 12.1 Å². The lowest BCUT2D eigenvalue weighted by Crippen LogP contribution is -2.31. The molecule has 18 heavy (non-hydrogen) atoms. The molecule has 0 saturated heterocycles. The van der Waals surface area contributed by atoms with Gasteiger partial charge < -0.3 is 0 Å². The maximum Gasteiger partial charge on any atom is 0.161 e. The number of rotatable bonds is 5. The van der Waals surface area contributed by atoms with Gasteiger partial charge in [-0.25, -0.2) is 0 Å². The molecule has 2 aromatic carbocycles. The minimum atomic E-state index is -1.63. The van der Waals surface area contributed by atoms with Crippen molar-refractivity contribution in [1.29, 1.82) is 0 Å². The molecule has 0 saturated carbocycles. The molecule has 0 aliphatic rings. The van der Waals surface area contributed by atoms with Gasteiger partial charge in [0.1, 0.15) is 0 Å². The second-order valence-corrected chi connectivity index (χ2v) is 12.5. The summed E-state index contributed by atoms with van der Waals surface area (Å²) in [6.45, 7) is 2.41. The van der Waals surface area contributed by atoms with Crippen LogP contribution in [0, 0.1) is 0 Å². The lowest BCUT2D eigenvalue weighted by molar-refractivity contribution is 1.27. The van der Waals surface area contributed by atoms with Crippen molar-refractivity contribution in [2.75, 3.05) is 0 Å². The molecule has 0 aliphatic heterocycles. The zero-order chi connectivity index (χ0) is 12.8. The van der Waals surface area contributed by atoms with Crippen LogP contribution < -0.4 is 0 Å². The Morgan fingerprint density at radius 2 is 1.22 bits per heavy atom. The van der Waals surface area contributed by atoms with Crippen LogP contribution in [0.1, 0.15) is 11.1 Å². The summed E-state index contributed by atoms with van der Waals surface area (Å²) in [6.07, 6.45) is 0. The number of benzene rings is 2. The third-order valence-electron chi connectivity index (χ3n) is 3.05. The highest BCUT2D eigenvalue weighted by atomic mass is 79.9. The molecule has 0 N–H and O–H groups in total. The second-order valence-electron chi connectivity index (χ2n) is 4.56. The van der Waals surface area contributed by atoms with Gasteiger partial charge in [0.05, 0.1) is 0 Å². The third-order valence-corrected chi connectivity index (χ3v) is 8.42. The van der Waals surface area contributed by atoms with E-state index >= 15 is 0 Å². The quantitative estimate of drug-likeness (QED) is 0.558. The van der Waals surface area contributed by atoms with Crippen molar-refractivity contribution in [3.05, 3.63) is 84.1 Å². The molecule has 0 aliphatic carbocycles. The summed E-state index contributed by atoms with van der Waals surface area (Å²) < 4.78 is 0. The molecule has 0 unspecified atom stereocenters. The first-order chi connectivity index (χ1) is 8.72. The Morgan fingerprint density at radius 1 is 0.833 bits per heavy atom. The smallest absolute Gasteiger partial charge is 0.120 e. The molecule has 0 fully saturated rings. The second kappa shape index (κ2) is 6.16. The summed E-state index contributed by atoms with van der Waals surface area (Å²) in [5.74, 6) is 0. The molecule has 0 aromatic heterocycles. The summed E-state index contributed by atoms with van der Waals surface area (Å²) in [6, 6.07) is 23.5. The zero-order valence-electron chi connectivity index (χ0n) is 10.4. The molecule has 0 atom stereocenters. The van der Waals surface area contributed by atoms with E-state index in [9.17, 15) is 0 Å². The van der Waals surface area contributed by atoms with Gasteiger partial charge in [-0.15, -0.1) is 21.9 Å². The standard InChI is InChI=1S/C16H17BrSi/c1-2-18(17,13-15-9-5-3-6-10-15)14-16-11-7-4-8-12-16/h2-12H,1,13-14H2. The fourth-order valence-corrected chi connectivity index (χ4v) is 6.26. The summed E-state index contributed by atoms with van der Waals surface area (Å²) in [4.78, 5) is 0. The van der Waals surface area contributed by atoms with Crippen LogP contribution in [-0.2, 0) is 12.1 Å². The van der Waals surface area contributed by atoms with Gasteiger partial charge >= 0.3 is 0 Å². The lowest BCUT2D eigenvalue weighted by atomic mass is 10.2. The number of halogens is 1. The predicted molar refractivity (Wildman–Crippen MR) is 85.2 cm³/mol. The average molecular weight is 317 g/mol. The third kappa shape index (κ3) is 3.69. The Kier molecular flexibility index (Phi) is 4.56. The first-order valence-electron chi connectivity index (χ1n) is 6.12. The summed E-state index contributed by atoms with van der Waals surface area (Å²) in [7, 11) is 0. The van der Waals surface area contributed by atoms with Crippen molar-refractivity contribution >= 4 is 22.0 Å². The lowest BCUT2D eigenvalue weighted by Gasteiger charge is -2.21. The molecular formula is C16H17BrSi. The van der Waals surface area contributed by atoms with E-state index < -0.39 is 6.69 Å². The van der Waals surface area contributed by atoms with Crippen LogP contribution in [0.2, 0.25) is 0 Å². The van der Waals surface area contributed by atoms with Crippen LogP contribution in [0.25, 0.3) is 0 Å². The first kappa shape index (κ1) is 13.3. The molecule has 0 radical (unpaired) electrons. The Labute approximate surface area is 118 Å². The van der Waals surface area contributed by atoms with Gasteiger partial charge in [0.2, 0.25) is 0 Å². The van der Waals surface area contributed by atoms with Gasteiger partial charge in [-0.1, -0.05) is 66.4 Å². The minimum absolute atomic E-state index is 1.09. The molecule has 0 heterocycles. The molecule has 2 heteroatoms. The molecule has 2 aromatic rings. The highest BCUT2D eigenvalue weighted by molar-refractivity contribution is 9.26. The highest BCUT2D eigenvalue weighted by Gasteiger charge is 2.26. The average Bonchev–Trinajstić information content (AvgIpc) is 2.41. The molecule has 0 spiro atoms. The summed E-state index contributed by atoms with van der Waals surface area (Å²) in [5.41, 5.74) is 4.92. The maximum atomic E-state index is 4.04. The maximum absolute atomic E-state index is 4.04. The van der Waals surface area contributed by atoms with Crippen LogP contribution in [-0.4, -0.2) is 6.69 Å². The largest absolute Gasteiger partial charge is 0.161 e. The zero-order valence-corrected chi connectivity index (χ0v) is 12.9. The van der Waals surface area contributed by atoms with E-state index in [1.54, 1.807) is 0 Å². The summed E-state index contributed by atoms with van der Waals surface area (Å²) in [5, 5.41) is 0. The van der Waals surface area contributed by atoms with Crippen LogP contribution in [0.5, 0.6) is 0 Å². The predicted octanol–water partition coefficient (Wildman–Crippen LogP) is 4.62. The van der Waals surface area contributed by atoms with Gasteiger partial charge in [-0.2, -0.15) is 0 Å². The Balaban J connectivity index is 2.13. The van der Waals surface area contributed by atoms with Gasteiger partial charge in [-0.3, -0.25) is 0 Å². The van der Waals surface area contributed by atoms with Gasteiger partial charge in [0.25, 0.3) is 0 Å². The van der Waals surface area contributed by atoms with Gasteiger partial charge in [0, 0.05) is 0 Å². The highest BCUT2D eigenvalue weighted by Crippen LogP contribution is 2.24. The summed E-state index contributed by atoms with van der Waals surface area (Å²) >= 11 is 3.98. The van der Waals surface area contributed by atoms with Crippen molar-refractivity contribution in [2.45, 2.75) is 12.1 Å². The molecular weight excluding hydrogens is 300 g/mol. The van der Waals surface area contributed by atoms with Crippen LogP contribution in [0.15, 0.2) is 72.9 Å². The number of hydrogen-bond donors (Lipinski definition) is 0. The van der Waals surface area contributed by atoms with E-state index in [1.165, 1.54) is 11.1 Å². The molecule has 92 valence electrons. The van der Waals surface area contributed by atoms with Crippen molar-refractivity contribution in [3.8, 4) is 0 Å².